The Morgan fingerprint density at radius 3 is 2.43 bits per heavy atom. The maximum atomic E-state index is 14.0. The zero-order valence-corrected chi connectivity index (χ0v) is 12.0. The highest BCUT2D eigenvalue weighted by molar-refractivity contribution is 5.34. The lowest BCUT2D eigenvalue weighted by Gasteiger charge is -2.18. The second-order valence-corrected chi connectivity index (χ2v) is 4.99. The number of aryl methyl sites for hydroxylation is 1. The van der Waals surface area contributed by atoms with Gasteiger partial charge < -0.3 is 5.32 Å². The van der Waals surface area contributed by atoms with Crippen molar-refractivity contribution >= 4 is 5.69 Å². The molecule has 1 atom stereocenters. The number of nitrogens with zero attached hydrogens (tertiary/aromatic N) is 1. The van der Waals surface area contributed by atoms with E-state index in [0.29, 0.717) is 12.0 Å². The molecule has 4 nitrogen and oxygen atoms in total. The molecule has 0 amide bonds. The number of halogens is 1. The zero-order chi connectivity index (χ0) is 15.4. The molecule has 0 radical (unpaired) electrons. The van der Waals surface area contributed by atoms with E-state index in [-0.39, 0.29) is 17.5 Å². The second kappa shape index (κ2) is 6.45. The van der Waals surface area contributed by atoms with Gasteiger partial charge in [0.15, 0.2) is 0 Å². The van der Waals surface area contributed by atoms with E-state index in [2.05, 4.69) is 5.32 Å². The van der Waals surface area contributed by atoms with Crippen LogP contribution in [0.2, 0.25) is 0 Å². The van der Waals surface area contributed by atoms with E-state index < -0.39 is 4.92 Å². The van der Waals surface area contributed by atoms with Crippen molar-refractivity contribution in [1.82, 2.24) is 5.32 Å². The molecular weight excluding hydrogens is 271 g/mol. The van der Waals surface area contributed by atoms with Gasteiger partial charge in [-0.25, -0.2) is 4.39 Å². The van der Waals surface area contributed by atoms with Gasteiger partial charge in [-0.2, -0.15) is 0 Å². The average molecular weight is 288 g/mol. The predicted octanol–water partition coefficient (Wildman–Crippen LogP) is 3.55. The van der Waals surface area contributed by atoms with Gasteiger partial charge in [0.05, 0.1) is 4.92 Å². The minimum atomic E-state index is -0.432. The van der Waals surface area contributed by atoms with Crippen LogP contribution in [-0.4, -0.2) is 12.0 Å². The summed E-state index contributed by atoms with van der Waals surface area (Å²) in [7, 11) is 1.77. The molecule has 0 aliphatic heterocycles. The first-order valence-electron chi connectivity index (χ1n) is 6.68. The third-order valence-corrected chi connectivity index (χ3v) is 3.47. The van der Waals surface area contributed by atoms with E-state index in [0.717, 1.165) is 11.1 Å². The zero-order valence-electron chi connectivity index (χ0n) is 12.0. The molecule has 0 aromatic heterocycles. The molecule has 0 saturated heterocycles. The summed E-state index contributed by atoms with van der Waals surface area (Å²) < 4.78 is 14.0. The Morgan fingerprint density at radius 1 is 1.24 bits per heavy atom. The van der Waals surface area contributed by atoms with E-state index in [1.807, 2.05) is 13.0 Å². The summed E-state index contributed by atoms with van der Waals surface area (Å²) in [4.78, 5) is 10.2. The first kappa shape index (κ1) is 15.1. The van der Waals surface area contributed by atoms with Gasteiger partial charge in [0.2, 0.25) is 0 Å². The van der Waals surface area contributed by atoms with Gasteiger partial charge in [-0.3, -0.25) is 10.1 Å². The summed E-state index contributed by atoms with van der Waals surface area (Å²) in [6, 6.07) is 11.3. The summed E-state index contributed by atoms with van der Waals surface area (Å²) >= 11 is 0. The molecule has 110 valence electrons. The fraction of sp³-hybridized carbons (Fsp3) is 0.250. The first-order valence-corrected chi connectivity index (χ1v) is 6.68. The second-order valence-electron chi connectivity index (χ2n) is 4.99. The highest BCUT2D eigenvalue weighted by Crippen LogP contribution is 2.23. The van der Waals surface area contributed by atoms with Crippen LogP contribution in [0.1, 0.15) is 22.7 Å². The molecular formula is C16H17FN2O2. The number of rotatable bonds is 5. The summed E-state index contributed by atoms with van der Waals surface area (Å²) in [6.07, 6.45) is 0.564. The van der Waals surface area contributed by atoms with E-state index in [1.165, 1.54) is 18.2 Å². The normalized spacial score (nSPS) is 12.1. The fourth-order valence-electron chi connectivity index (χ4n) is 2.27. The van der Waals surface area contributed by atoms with E-state index >= 15 is 0 Å². The van der Waals surface area contributed by atoms with Crippen molar-refractivity contribution < 1.29 is 9.31 Å². The number of nitrogens with one attached hydrogen (secondary N) is 1. The molecule has 2 aromatic rings. The quantitative estimate of drug-likeness (QED) is 0.676. The molecule has 1 N–H and O–H groups in total. The lowest BCUT2D eigenvalue weighted by molar-refractivity contribution is -0.384. The fourth-order valence-corrected chi connectivity index (χ4v) is 2.27. The van der Waals surface area contributed by atoms with Gasteiger partial charge in [0.25, 0.3) is 5.69 Å². The third-order valence-electron chi connectivity index (χ3n) is 3.47. The van der Waals surface area contributed by atoms with E-state index in [4.69, 9.17) is 0 Å². The summed E-state index contributed by atoms with van der Waals surface area (Å²) in [6.45, 7) is 1.84. The molecule has 0 saturated carbocycles. The van der Waals surface area contributed by atoms with E-state index in [9.17, 15) is 14.5 Å². The first-order chi connectivity index (χ1) is 10.0. The van der Waals surface area contributed by atoms with Gasteiger partial charge in [0.1, 0.15) is 5.82 Å². The van der Waals surface area contributed by atoms with Crippen LogP contribution in [0, 0.1) is 22.9 Å². The minimum Gasteiger partial charge on any atom is -0.313 e. The van der Waals surface area contributed by atoms with Crippen molar-refractivity contribution in [3.05, 3.63) is 75.1 Å². The predicted molar refractivity (Wildman–Crippen MR) is 79.7 cm³/mol. The minimum absolute atomic E-state index is 0.0567. The molecule has 0 spiro atoms. The highest BCUT2D eigenvalue weighted by atomic mass is 19.1. The smallest absolute Gasteiger partial charge is 0.269 e. The van der Waals surface area contributed by atoms with Gasteiger partial charge in [-0.15, -0.1) is 0 Å². The van der Waals surface area contributed by atoms with Crippen molar-refractivity contribution in [3.8, 4) is 0 Å². The maximum Gasteiger partial charge on any atom is 0.269 e. The molecule has 0 bridgehead atoms. The number of likely N-dealkylation sites (N-methyl/N-ethyl adjacent to an activating group) is 1. The van der Waals surface area contributed by atoms with Crippen LogP contribution in [0.15, 0.2) is 42.5 Å². The Hall–Kier alpha value is -2.27. The molecule has 2 rings (SSSR count). The van der Waals surface area contributed by atoms with Crippen LogP contribution >= 0.6 is 0 Å². The number of hydrogen-bond acceptors (Lipinski definition) is 3. The monoisotopic (exact) mass is 288 g/mol. The van der Waals surface area contributed by atoms with Gasteiger partial charge in [-0.05, 0) is 37.6 Å². The third kappa shape index (κ3) is 3.64. The van der Waals surface area contributed by atoms with Crippen LogP contribution in [0.3, 0.4) is 0 Å². The number of hydrogen-bond donors (Lipinski definition) is 1. The molecule has 0 aliphatic rings. The van der Waals surface area contributed by atoms with Crippen molar-refractivity contribution in [2.24, 2.45) is 0 Å². The number of non-ortho nitro benzene ring substituents is 1. The molecule has 1 unspecified atom stereocenters. The van der Waals surface area contributed by atoms with Gasteiger partial charge >= 0.3 is 0 Å². The summed E-state index contributed by atoms with van der Waals surface area (Å²) in [5, 5.41) is 13.7. The van der Waals surface area contributed by atoms with Crippen molar-refractivity contribution in [3.63, 3.8) is 0 Å². The largest absolute Gasteiger partial charge is 0.313 e. The van der Waals surface area contributed by atoms with Crippen LogP contribution < -0.4 is 5.32 Å². The molecule has 0 fully saturated rings. The van der Waals surface area contributed by atoms with E-state index in [1.54, 1.807) is 25.2 Å². The molecule has 0 aliphatic carbocycles. The molecule has 2 aromatic carbocycles. The van der Waals surface area contributed by atoms with Crippen LogP contribution in [0.4, 0.5) is 10.1 Å². The number of nitro groups is 1. The lowest BCUT2D eigenvalue weighted by Crippen LogP contribution is -2.20. The Morgan fingerprint density at radius 2 is 1.90 bits per heavy atom. The highest BCUT2D eigenvalue weighted by Gasteiger charge is 2.15. The Bertz CT molecular complexity index is 641. The number of benzene rings is 2. The molecule has 21 heavy (non-hydrogen) atoms. The topological polar surface area (TPSA) is 55.2 Å². The van der Waals surface area contributed by atoms with Crippen LogP contribution in [-0.2, 0) is 6.42 Å². The lowest BCUT2D eigenvalue weighted by atomic mass is 9.97. The molecule has 5 heteroatoms. The SMILES string of the molecule is CNC(Cc1ccc([N+](=O)[O-])cc1)c1ccc(C)cc1F. The van der Waals surface area contributed by atoms with Crippen LogP contribution in [0.25, 0.3) is 0 Å². The van der Waals surface area contributed by atoms with Gasteiger partial charge in [-0.1, -0.05) is 24.3 Å². The summed E-state index contributed by atoms with van der Waals surface area (Å²) in [5.41, 5.74) is 2.45. The Balaban J connectivity index is 2.20. The maximum absolute atomic E-state index is 14.0. The summed E-state index contributed by atoms with van der Waals surface area (Å²) in [5.74, 6) is -0.240. The Kier molecular flexibility index (Phi) is 4.65. The molecule has 0 heterocycles. The van der Waals surface area contributed by atoms with Crippen LogP contribution in [0.5, 0.6) is 0 Å². The van der Waals surface area contributed by atoms with Crippen molar-refractivity contribution in [1.29, 1.82) is 0 Å². The average Bonchev–Trinajstić information content (AvgIpc) is 2.46. The Labute approximate surface area is 122 Å². The standard InChI is InChI=1S/C16H17FN2O2/c1-11-3-8-14(15(17)9-11)16(18-2)10-12-4-6-13(7-5-12)19(20)21/h3-9,16,18H,10H2,1-2H3. The van der Waals surface area contributed by atoms with Gasteiger partial charge in [0, 0.05) is 23.7 Å². The number of nitro benzene ring substituents is 1. The van der Waals surface area contributed by atoms with Crippen molar-refractivity contribution in [2.45, 2.75) is 19.4 Å². The van der Waals surface area contributed by atoms with Crippen molar-refractivity contribution in [2.75, 3.05) is 7.05 Å².